The fourth-order valence-electron chi connectivity index (χ4n) is 3.34. The van der Waals surface area contributed by atoms with Crippen LogP contribution in [0.4, 0.5) is 0 Å². The lowest BCUT2D eigenvalue weighted by Gasteiger charge is -2.49. The molecule has 2 heterocycles. The first-order chi connectivity index (χ1) is 5.70. The molecule has 3 aliphatic rings. The Labute approximate surface area is 75.5 Å². The van der Waals surface area contributed by atoms with E-state index in [0.717, 1.165) is 30.3 Å². The second kappa shape index (κ2) is 3.02. The maximum atomic E-state index is 5.77. The van der Waals surface area contributed by atoms with Gasteiger partial charge in [0.1, 0.15) is 0 Å². The summed E-state index contributed by atoms with van der Waals surface area (Å²) in [6.45, 7) is 8.14. The van der Waals surface area contributed by atoms with E-state index in [2.05, 4.69) is 20.8 Å². The topological polar surface area (TPSA) is 9.23 Å². The fraction of sp³-hybridized carbons (Fsp3) is 1.00. The Bertz CT molecular complexity index is 154. The van der Waals surface area contributed by atoms with Gasteiger partial charge in [0.25, 0.3) is 0 Å². The van der Waals surface area contributed by atoms with Crippen molar-refractivity contribution in [1.29, 1.82) is 0 Å². The molecule has 2 aliphatic heterocycles. The highest BCUT2D eigenvalue weighted by atomic mass is 16.5. The van der Waals surface area contributed by atoms with Crippen molar-refractivity contribution < 1.29 is 4.74 Å². The van der Waals surface area contributed by atoms with Gasteiger partial charge >= 0.3 is 0 Å². The minimum Gasteiger partial charge on any atom is -0.378 e. The third-order valence-corrected chi connectivity index (χ3v) is 3.85. The number of rotatable bonds is 1. The molecule has 0 spiro atoms. The predicted molar refractivity (Wildman–Crippen MR) is 50.0 cm³/mol. The molecule has 1 nitrogen and oxygen atoms in total. The standard InChI is InChI=1S/C11H20O/c1-7(2)11-8(3)10-5-4-9(11)6-12-10/h7-11H,4-6H2,1-3H3/t8-,9?,10?,11?/m1/s1. The van der Waals surface area contributed by atoms with E-state index in [0.29, 0.717) is 6.10 Å². The molecule has 0 N–H and O–H groups in total. The number of hydrogen-bond acceptors (Lipinski definition) is 1. The molecular weight excluding hydrogens is 148 g/mol. The average molecular weight is 168 g/mol. The van der Waals surface area contributed by atoms with Crippen molar-refractivity contribution in [2.45, 2.75) is 39.7 Å². The Kier molecular flexibility index (Phi) is 2.16. The molecule has 2 saturated heterocycles. The predicted octanol–water partition coefficient (Wildman–Crippen LogP) is 2.70. The highest BCUT2D eigenvalue weighted by Gasteiger charge is 2.43. The Morgan fingerprint density at radius 3 is 2.33 bits per heavy atom. The van der Waals surface area contributed by atoms with Crippen LogP contribution in [0.3, 0.4) is 0 Å². The summed E-state index contributed by atoms with van der Waals surface area (Å²) in [5.41, 5.74) is 0. The molecule has 1 heteroatoms. The monoisotopic (exact) mass is 168 g/mol. The maximum absolute atomic E-state index is 5.77. The zero-order valence-electron chi connectivity index (χ0n) is 8.42. The van der Waals surface area contributed by atoms with E-state index in [9.17, 15) is 0 Å². The van der Waals surface area contributed by atoms with E-state index in [1.807, 2.05) is 0 Å². The van der Waals surface area contributed by atoms with Crippen LogP contribution in [0.25, 0.3) is 0 Å². The van der Waals surface area contributed by atoms with E-state index in [4.69, 9.17) is 4.74 Å². The van der Waals surface area contributed by atoms with Crippen molar-refractivity contribution in [3.05, 3.63) is 0 Å². The van der Waals surface area contributed by atoms with Crippen molar-refractivity contribution in [3.63, 3.8) is 0 Å². The van der Waals surface area contributed by atoms with Gasteiger partial charge in [-0.15, -0.1) is 0 Å². The van der Waals surface area contributed by atoms with E-state index in [1.54, 1.807) is 0 Å². The summed E-state index contributed by atoms with van der Waals surface area (Å²) in [4.78, 5) is 0. The highest BCUT2D eigenvalue weighted by molar-refractivity contribution is 4.91. The van der Waals surface area contributed by atoms with Crippen LogP contribution in [0.1, 0.15) is 33.6 Å². The molecule has 3 unspecified atom stereocenters. The first-order valence-corrected chi connectivity index (χ1v) is 5.31. The zero-order chi connectivity index (χ0) is 8.72. The van der Waals surface area contributed by atoms with Crippen molar-refractivity contribution >= 4 is 0 Å². The molecule has 0 aromatic rings. The van der Waals surface area contributed by atoms with Gasteiger partial charge in [0.15, 0.2) is 0 Å². The van der Waals surface area contributed by atoms with Gasteiger partial charge in [-0.1, -0.05) is 20.8 Å². The normalized spacial score (nSPS) is 47.0. The Morgan fingerprint density at radius 1 is 1.25 bits per heavy atom. The lowest BCUT2D eigenvalue weighted by atomic mass is 9.65. The molecule has 0 aromatic heterocycles. The van der Waals surface area contributed by atoms with E-state index < -0.39 is 0 Å². The van der Waals surface area contributed by atoms with Gasteiger partial charge < -0.3 is 4.74 Å². The van der Waals surface area contributed by atoms with Crippen LogP contribution < -0.4 is 0 Å². The molecule has 0 amide bonds. The van der Waals surface area contributed by atoms with Gasteiger partial charge in [-0.2, -0.15) is 0 Å². The van der Waals surface area contributed by atoms with Gasteiger partial charge in [0.05, 0.1) is 12.7 Å². The van der Waals surface area contributed by atoms with Crippen molar-refractivity contribution in [3.8, 4) is 0 Å². The van der Waals surface area contributed by atoms with Crippen LogP contribution in [-0.4, -0.2) is 12.7 Å². The van der Waals surface area contributed by atoms with E-state index >= 15 is 0 Å². The van der Waals surface area contributed by atoms with Gasteiger partial charge in [-0.05, 0) is 36.5 Å². The summed E-state index contributed by atoms with van der Waals surface area (Å²) in [7, 11) is 0. The summed E-state index contributed by atoms with van der Waals surface area (Å²) in [5, 5.41) is 0. The SMILES string of the molecule is CC(C)C1C2CCC(OC2)[C@H]1C. The first-order valence-electron chi connectivity index (χ1n) is 5.31. The first kappa shape index (κ1) is 8.55. The molecule has 4 atom stereocenters. The van der Waals surface area contributed by atoms with Crippen LogP contribution in [0, 0.1) is 23.7 Å². The summed E-state index contributed by atoms with van der Waals surface area (Å²) < 4.78 is 5.77. The second-order valence-electron chi connectivity index (χ2n) is 4.89. The summed E-state index contributed by atoms with van der Waals surface area (Å²) in [6.07, 6.45) is 3.31. The molecule has 0 radical (unpaired) electrons. The van der Waals surface area contributed by atoms with Crippen molar-refractivity contribution in [2.75, 3.05) is 6.61 Å². The number of hydrogen-bond donors (Lipinski definition) is 0. The molecule has 0 aromatic carbocycles. The molecule has 12 heavy (non-hydrogen) atoms. The minimum atomic E-state index is 0.586. The minimum absolute atomic E-state index is 0.586. The van der Waals surface area contributed by atoms with E-state index in [-0.39, 0.29) is 0 Å². The van der Waals surface area contributed by atoms with Crippen LogP contribution in [-0.2, 0) is 4.74 Å². The van der Waals surface area contributed by atoms with Crippen LogP contribution in [0.15, 0.2) is 0 Å². The van der Waals surface area contributed by atoms with Crippen LogP contribution in [0.2, 0.25) is 0 Å². The second-order valence-corrected chi connectivity index (χ2v) is 4.89. The summed E-state index contributed by atoms with van der Waals surface area (Å²) in [6, 6.07) is 0. The number of ether oxygens (including phenoxy) is 1. The summed E-state index contributed by atoms with van der Waals surface area (Å²) >= 11 is 0. The maximum Gasteiger partial charge on any atom is 0.0603 e. The molecule has 3 rings (SSSR count). The van der Waals surface area contributed by atoms with Crippen LogP contribution in [0.5, 0.6) is 0 Å². The third-order valence-electron chi connectivity index (χ3n) is 3.85. The molecule has 70 valence electrons. The molecule has 1 saturated carbocycles. The Balaban J connectivity index is 2.12. The molecule has 3 fully saturated rings. The highest BCUT2D eigenvalue weighted by Crippen LogP contribution is 2.44. The lowest BCUT2D eigenvalue weighted by molar-refractivity contribution is -0.140. The quantitative estimate of drug-likeness (QED) is 0.585. The largest absolute Gasteiger partial charge is 0.378 e. The fourth-order valence-corrected chi connectivity index (χ4v) is 3.34. The zero-order valence-corrected chi connectivity index (χ0v) is 8.42. The molecule has 1 aliphatic carbocycles. The van der Waals surface area contributed by atoms with Gasteiger partial charge in [-0.3, -0.25) is 0 Å². The lowest BCUT2D eigenvalue weighted by Crippen LogP contribution is -2.48. The summed E-state index contributed by atoms with van der Waals surface area (Å²) in [5.74, 6) is 3.44. The van der Waals surface area contributed by atoms with Gasteiger partial charge in [-0.25, -0.2) is 0 Å². The smallest absolute Gasteiger partial charge is 0.0603 e. The van der Waals surface area contributed by atoms with Crippen molar-refractivity contribution in [1.82, 2.24) is 0 Å². The Morgan fingerprint density at radius 2 is 2.00 bits per heavy atom. The van der Waals surface area contributed by atoms with Crippen LogP contribution >= 0.6 is 0 Å². The van der Waals surface area contributed by atoms with Crippen molar-refractivity contribution in [2.24, 2.45) is 23.7 Å². The van der Waals surface area contributed by atoms with E-state index in [1.165, 1.54) is 12.8 Å². The molecule has 2 bridgehead atoms. The number of fused-ring (bicyclic) bond motifs is 3. The average Bonchev–Trinajstić information content (AvgIpc) is 2.05. The van der Waals surface area contributed by atoms with Gasteiger partial charge in [0, 0.05) is 0 Å². The van der Waals surface area contributed by atoms with Gasteiger partial charge in [0.2, 0.25) is 0 Å². The molecular formula is C11H20O. The Hall–Kier alpha value is -0.0400. The third kappa shape index (κ3) is 1.19.